The fraction of sp³-hybridized carbons (Fsp3) is 0.125. The van der Waals surface area contributed by atoms with Crippen LogP contribution in [-0.4, -0.2) is 25.5 Å². The van der Waals surface area contributed by atoms with Crippen molar-refractivity contribution in [1.82, 2.24) is 0 Å². The van der Waals surface area contributed by atoms with Crippen molar-refractivity contribution < 1.29 is 19.1 Å². The van der Waals surface area contributed by atoms with Gasteiger partial charge in [-0.3, -0.25) is 4.79 Å². The minimum atomic E-state index is -0.509. The quantitative estimate of drug-likeness (QED) is 0.442. The first-order valence-electron chi connectivity index (χ1n) is 6.20. The first kappa shape index (κ1) is 15.5. The van der Waals surface area contributed by atoms with E-state index in [1.807, 2.05) is 6.07 Å². The van der Waals surface area contributed by atoms with Crippen LogP contribution >= 0.6 is 22.6 Å². The minimum Gasteiger partial charge on any atom is -0.497 e. The molecule has 0 N–H and O–H groups in total. The number of ether oxygens (including phenoxy) is 2. The number of hydrogen-bond acceptors (Lipinski definition) is 4. The molecule has 4 nitrogen and oxygen atoms in total. The lowest BCUT2D eigenvalue weighted by molar-refractivity contribution is 0.0474. The zero-order chi connectivity index (χ0) is 15.2. The van der Waals surface area contributed by atoms with E-state index in [1.165, 1.54) is 7.11 Å². The van der Waals surface area contributed by atoms with Crippen LogP contribution < -0.4 is 4.74 Å². The van der Waals surface area contributed by atoms with Crippen molar-refractivity contribution in [2.45, 2.75) is 0 Å². The van der Waals surface area contributed by atoms with Gasteiger partial charge in [0.25, 0.3) is 0 Å². The van der Waals surface area contributed by atoms with Crippen LogP contribution in [0.15, 0.2) is 48.5 Å². The molecule has 0 heterocycles. The van der Waals surface area contributed by atoms with Crippen LogP contribution in [0.3, 0.4) is 0 Å². The van der Waals surface area contributed by atoms with Gasteiger partial charge in [0.1, 0.15) is 5.75 Å². The molecule has 21 heavy (non-hydrogen) atoms. The molecule has 0 aliphatic heterocycles. The van der Waals surface area contributed by atoms with Gasteiger partial charge in [0.2, 0.25) is 0 Å². The Morgan fingerprint density at radius 3 is 2.48 bits per heavy atom. The highest BCUT2D eigenvalue weighted by Crippen LogP contribution is 2.14. The number of carbonyl (C=O) groups excluding carboxylic acids is 2. The molecule has 5 heteroatoms. The van der Waals surface area contributed by atoms with Gasteiger partial charge >= 0.3 is 5.97 Å². The van der Waals surface area contributed by atoms with E-state index in [9.17, 15) is 9.59 Å². The van der Waals surface area contributed by atoms with E-state index < -0.39 is 5.97 Å². The number of carbonyl (C=O) groups is 2. The van der Waals surface area contributed by atoms with Crippen molar-refractivity contribution in [3.05, 3.63) is 63.2 Å². The third kappa shape index (κ3) is 4.29. The summed E-state index contributed by atoms with van der Waals surface area (Å²) in [7, 11) is 1.53. The van der Waals surface area contributed by atoms with Crippen LogP contribution in [-0.2, 0) is 4.74 Å². The molecule has 2 rings (SSSR count). The summed E-state index contributed by atoms with van der Waals surface area (Å²) in [6.45, 7) is -0.294. The highest BCUT2D eigenvalue weighted by Gasteiger charge is 2.12. The number of Topliss-reactive ketones (excluding diaryl/α,β-unsaturated/α-hetero) is 1. The summed E-state index contributed by atoms with van der Waals surface area (Å²) in [5.41, 5.74) is 0.880. The van der Waals surface area contributed by atoms with Gasteiger partial charge in [0, 0.05) is 9.13 Å². The Balaban J connectivity index is 1.99. The molecule has 0 aliphatic carbocycles. The maximum absolute atomic E-state index is 12.0. The largest absolute Gasteiger partial charge is 0.497 e. The highest BCUT2D eigenvalue weighted by molar-refractivity contribution is 14.1. The molecule has 0 fully saturated rings. The maximum atomic E-state index is 12.0. The number of benzene rings is 2. The molecule has 0 aromatic heterocycles. The molecule has 0 radical (unpaired) electrons. The van der Waals surface area contributed by atoms with Crippen LogP contribution in [0.25, 0.3) is 0 Å². The molecule has 0 atom stereocenters. The third-order valence-corrected chi connectivity index (χ3v) is 3.46. The normalized spacial score (nSPS) is 10.0. The van der Waals surface area contributed by atoms with Crippen molar-refractivity contribution in [2.75, 3.05) is 13.7 Å². The number of methoxy groups -OCH3 is 1. The molecule has 2 aromatic carbocycles. The molecular weight excluding hydrogens is 383 g/mol. The second-order valence-corrected chi connectivity index (χ2v) is 5.49. The monoisotopic (exact) mass is 396 g/mol. The zero-order valence-electron chi connectivity index (χ0n) is 11.3. The van der Waals surface area contributed by atoms with Crippen LogP contribution in [0.2, 0.25) is 0 Å². The Hall–Kier alpha value is -1.89. The van der Waals surface area contributed by atoms with Crippen LogP contribution in [0.5, 0.6) is 5.75 Å². The van der Waals surface area contributed by atoms with E-state index in [0.29, 0.717) is 16.9 Å². The van der Waals surface area contributed by atoms with Gasteiger partial charge in [-0.25, -0.2) is 4.79 Å². The summed E-state index contributed by atoms with van der Waals surface area (Å²) in [6, 6.07) is 13.7. The molecule has 0 aliphatic rings. The summed E-state index contributed by atoms with van der Waals surface area (Å²) in [6.07, 6.45) is 0. The topological polar surface area (TPSA) is 52.6 Å². The Kier molecular flexibility index (Phi) is 5.32. The van der Waals surface area contributed by atoms with E-state index in [2.05, 4.69) is 22.6 Å². The summed E-state index contributed by atoms with van der Waals surface area (Å²) in [5, 5.41) is 0. The molecule has 0 saturated carbocycles. The van der Waals surface area contributed by atoms with Gasteiger partial charge in [0.05, 0.1) is 12.7 Å². The Morgan fingerprint density at radius 1 is 1.05 bits per heavy atom. The Morgan fingerprint density at radius 2 is 1.76 bits per heavy atom. The first-order valence-corrected chi connectivity index (χ1v) is 7.28. The van der Waals surface area contributed by atoms with E-state index in [-0.39, 0.29) is 12.4 Å². The fourth-order valence-electron chi connectivity index (χ4n) is 1.71. The minimum absolute atomic E-state index is 0.270. The number of halogens is 1. The second kappa shape index (κ2) is 7.21. The van der Waals surface area contributed by atoms with E-state index >= 15 is 0 Å². The second-order valence-electron chi connectivity index (χ2n) is 4.24. The number of ketones is 1. The van der Waals surface area contributed by atoms with Gasteiger partial charge < -0.3 is 9.47 Å². The molecule has 0 saturated heterocycles. The van der Waals surface area contributed by atoms with Crippen molar-refractivity contribution in [3.63, 3.8) is 0 Å². The molecule has 0 unspecified atom stereocenters. The van der Waals surface area contributed by atoms with Crippen molar-refractivity contribution in [2.24, 2.45) is 0 Å². The van der Waals surface area contributed by atoms with E-state index in [0.717, 1.165) is 3.57 Å². The predicted molar refractivity (Wildman–Crippen MR) is 86.8 cm³/mol. The summed E-state index contributed by atoms with van der Waals surface area (Å²) in [5.74, 6) is -0.192. The van der Waals surface area contributed by atoms with Crippen LogP contribution in [0, 0.1) is 3.57 Å². The van der Waals surface area contributed by atoms with Gasteiger partial charge in [-0.1, -0.05) is 18.2 Å². The molecule has 2 aromatic rings. The standard InChI is InChI=1S/C16H13IO4/c1-20-14-7-3-4-11(9-14)15(18)10-21-16(19)12-5-2-6-13(17)8-12/h2-9H,10H2,1H3. The maximum Gasteiger partial charge on any atom is 0.338 e. The average molecular weight is 396 g/mol. The summed E-state index contributed by atoms with van der Waals surface area (Å²) in [4.78, 5) is 23.8. The summed E-state index contributed by atoms with van der Waals surface area (Å²) < 4.78 is 11.0. The third-order valence-electron chi connectivity index (χ3n) is 2.79. The molecule has 0 spiro atoms. The van der Waals surface area contributed by atoms with Crippen LogP contribution in [0.4, 0.5) is 0 Å². The van der Waals surface area contributed by atoms with E-state index in [4.69, 9.17) is 9.47 Å². The van der Waals surface area contributed by atoms with Crippen molar-refractivity contribution >= 4 is 34.3 Å². The summed E-state index contributed by atoms with van der Waals surface area (Å²) >= 11 is 2.11. The molecule has 0 amide bonds. The first-order chi connectivity index (χ1) is 10.1. The molecule has 0 bridgehead atoms. The molecular formula is C16H13IO4. The SMILES string of the molecule is COc1cccc(C(=O)COC(=O)c2cccc(I)c2)c1. The predicted octanol–water partition coefficient (Wildman–Crippen LogP) is 3.34. The highest BCUT2D eigenvalue weighted by atomic mass is 127. The Bertz CT molecular complexity index is 667. The van der Waals surface area contributed by atoms with Gasteiger partial charge in [-0.05, 0) is 52.9 Å². The molecule has 108 valence electrons. The van der Waals surface area contributed by atoms with Gasteiger partial charge in [0.15, 0.2) is 12.4 Å². The smallest absolute Gasteiger partial charge is 0.338 e. The Labute approximate surface area is 136 Å². The van der Waals surface area contributed by atoms with Crippen molar-refractivity contribution in [1.29, 1.82) is 0 Å². The van der Waals surface area contributed by atoms with Gasteiger partial charge in [-0.15, -0.1) is 0 Å². The lowest BCUT2D eigenvalue weighted by Gasteiger charge is -2.06. The van der Waals surface area contributed by atoms with Gasteiger partial charge in [-0.2, -0.15) is 0 Å². The van der Waals surface area contributed by atoms with E-state index in [1.54, 1.807) is 42.5 Å². The van der Waals surface area contributed by atoms with Crippen molar-refractivity contribution in [3.8, 4) is 5.75 Å². The average Bonchev–Trinajstić information content (AvgIpc) is 2.52. The van der Waals surface area contributed by atoms with Crippen LogP contribution in [0.1, 0.15) is 20.7 Å². The number of esters is 1. The number of hydrogen-bond donors (Lipinski definition) is 0. The lowest BCUT2D eigenvalue weighted by Crippen LogP contribution is -2.14. The lowest BCUT2D eigenvalue weighted by atomic mass is 10.1. The fourth-order valence-corrected chi connectivity index (χ4v) is 2.25. The zero-order valence-corrected chi connectivity index (χ0v) is 13.5. The number of rotatable bonds is 5.